The van der Waals surface area contributed by atoms with Crippen LogP contribution in [0.15, 0.2) is 24.3 Å². The van der Waals surface area contributed by atoms with Gasteiger partial charge in [0.05, 0.1) is 6.61 Å². The van der Waals surface area contributed by atoms with Crippen LogP contribution in [0.1, 0.15) is 22.3 Å². The standard InChI is InChI=1S/C13H14FNO2/c14-8-9-15-13(17)12-6-4-11(5-7-12)3-1-2-10-16/h4-7,16H,2,8-10H2,(H,15,17). The maximum atomic E-state index is 11.9. The highest BCUT2D eigenvalue weighted by Crippen LogP contribution is 2.03. The zero-order chi connectivity index (χ0) is 12.5. The maximum Gasteiger partial charge on any atom is 0.251 e. The number of carbonyl (C=O) groups excluding carboxylic acids is 1. The van der Waals surface area contributed by atoms with E-state index in [2.05, 4.69) is 17.2 Å². The normalized spacial score (nSPS) is 9.29. The molecule has 1 amide bonds. The Balaban J connectivity index is 2.62. The van der Waals surface area contributed by atoms with E-state index in [9.17, 15) is 9.18 Å². The number of aliphatic hydroxyl groups is 1. The van der Waals surface area contributed by atoms with Crippen LogP contribution in [0.4, 0.5) is 4.39 Å². The van der Waals surface area contributed by atoms with Gasteiger partial charge in [0.25, 0.3) is 5.91 Å². The Morgan fingerprint density at radius 2 is 2.06 bits per heavy atom. The van der Waals surface area contributed by atoms with Crippen molar-refractivity contribution in [2.75, 3.05) is 19.8 Å². The summed E-state index contributed by atoms with van der Waals surface area (Å²) in [6, 6.07) is 6.70. The van der Waals surface area contributed by atoms with Crippen LogP contribution in [0.25, 0.3) is 0 Å². The van der Waals surface area contributed by atoms with Gasteiger partial charge >= 0.3 is 0 Å². The minimum atomic E-state index is -0.573. The van der Waals surface area contributed by atoms with Gasteiger partial charge in [-0.15, -0.1) is 0 Å². The van der Waals surface area contributed by atoms with E-state index in [4.69, 9.17) is 5.11 Å². The average Bonchev–Trinajstić information content (AvgIpc) is 2.37. The first-order chi connectivity index (χ1) is 8.27. The van der Waals surface area contributed by atoms with E-state index < -0.39 is 6.67 Å². The SMILES string of the molecule is O=C(NCCF)c1ccc(C#CCCO)cc1. The molecule has 0 atom stereocenters. The van der Waals surface area contributed by atoms with Crippen LogP contribution in [0, 0.1) is 11.8 Å². The van der Waals surface area contributed by atoms with Gasteiger partial charge in [0.15, 0.2) is 0 Å². The molecule has 0 fully saturated rings. The summed E-state index contributed by atoms with van der Waals surface area (Å²) >= 11 is 0. The number of rotatable bonds is 4. The molecule has 2 N–H and O–H groups in total. The van der Waals surface area contributed by atoms with Crippen molar-refractivity contribution in [1.29, 1.82) is 0 Å². The zero-order valence-electron chi connectivity index (χ0n) is 9.37. The molecule has 0 aromatic heterocycles. The van der Waals surface area contributed by atoms with Crippen molar-refractivity contribution in [3.8, 4) is 11.8 Å². The van der Waals surface area contributed by atoms with Crippen LogP contribution in [-0.2, 0) is 0 Å². The Labute approximate surface area is 99.7 Å². The van der Waals surface area contributed by atoms with Gasteiger partial charge in [-0.3, -0.25) is 4.79 Å². The van der Waals surface area contributed by atoms with Crippen molar-refractivity contribution in [2.24, 2.45) is 0 Å². The summed E-state index contributed by atoms with van der Waals surface area (Å²) < 4.78 is 11.9. The molecule has 0 aliphatic carbocycles. The molecule has 1 aromatic rings. The van der Waals surface area contributed by atoms with Crippen molar-refractivity contribution < 1.29 is 14.3 Å². The van der Waals surface area contributed by atoms with Gasteiger partial charge in [0.1, 0.15) is 6.67 Å². The van der Waals surface area contributed by atoms with E-state index in [0.29, 0.717) is 12.0 Å². The maximum absolute atomic E-state index is 11.9. The number of alkyl halides is 1. The van der Waals surface area contributed by atoms with E-state index in [1.807, 2.05) is 0 Å². The molecule has 0 aliphatic heterocycles. The Morgan fingerprint density at radius 1 is 1.35 bits per heavy atom. The minimum absolute atomic E-state index is 0.0247. The van der Waals surface area contributed by atoms with Crippen LogP contribution in [-0.4, -0.2) is 30.8 Å². The van der Waals surface area contributed by atoms with Gasteiger partial charge in [-0.1, -0.05) is 11.8 Å². The molecule has 17 heavy (non-hydrogen) atoms. The molecule has 0 unspecified atom stereocenters. The molecule has 0 spiro atoms. The molecule has 0 saturated heterocycles. The lowest BCUT2D eigenvalue weighted by molar-refractivity contribution is 0.0951. The van der Waals surface area contributed by atoms with E-state index in [1.54, 1.807) is 24.3 Å². The average molecular weight is 235 g/mol. The van der Waals surface area contributed by atoms with Crippen LogP contribution in [0.5, 0.6) is 0 Å². The van der Waals surface area contributed by atoms with Gasteiger partial charge in [0, 0.05) is 24.1 Å². The fourth-order valence-electron chi connectivity index (χ4n) is 1.19. The van der Waals surface area contributed by atoms with Crippen LogP contribution in [0.3, 0.4) is 0 Å². The van der Waals surface area contributed by atoms with Gasteiger partial charge in [0.2, 0.25) is 0 Å². The first kappa shape index (κ1) is 13.2. The fraction of sp³-hybridized carbons (Fsp3) is 0.308. The van der Waals surface area contributed by atoms with Crippen LogP contribution in [0.2, 0.25) is 0 Å². The first-order valence-corrected chi connectivity index (χ1v) is 5.32. The highest BCUT2D eigenvalue weighted by molar-refractivity contribution is 5.94. The first-order valence-electron chi connectivity index (χ1n) is 5.32. The summed E-state index contributed by atoms with van der Waals surface area (Å²) in [5, 5.41) is 11.0. The number of nitrogens with one attached hydrogen (secondary N) is 1. The largest absolute Gasteiger partial charge is 0.395 e. The summed E-state index contributed by atoms with van der Waals surface area (Å²) in [5.41, 5.74) is 1.26. The highest BCUT2D eigenvalue weighted by atomic mass is 19.1. The van der Waals surface area contributed by atoms with E-state index in [1.165, 1.54) is 0 Å². The van der Waals surface area contributed by atoms with Crippen molar-refractivity contribution in [3.05, 3.63) is 35.4 Å². The number of hydrogen-bond donors (Lipinski definition) is 2. The van der Waals surface area contributed by atoms with E-state index in [0.717, 1.165) is 5.56 Å². The van der Waals surface area contributed by atoms with Crippen molar-refractivity contribution in [2.45, 2.75) is 6.42 Å². The molecule has 0 heterocycles. The number of amides is 1. The molecule has 0 aliphatic rings. The van der Waals surface area contributed by atoms with Crippen molar-refractivity contribution in [1.82, 2.24) is 5.32 Å². The van der Waals surface area contributed by atoms with E-state index in [-0.39, 0.29) is 19.1 Å². The number of aliphatic hydroxyl groups excluding tert-OH is 1. The predicted molar refractivity (Wildman–Crippen MR) is 63.3 cm³/mol. The summed E-state index contributed by atoms with van der Waals surface area (Å²) in [6.07, 6.45) is 0.429. The van der Waals surface area contributed by atoms with E-state index >= 15 is 0 Å². The molecule has 90 valence electrons. The predicted octanol–water partition coefficient (Wildman–Crippen LogP) is 1.12. The molecule has 1 rings (SSSR count). The Morgan fingerprint density at radius 3 is 2.65 bits per heavy atom. The van der Waals surface area contributed by atoms with Gasteiger partial charge in [-0.25, -0.2) is 4.39 Å². The summed E-state index contributed by atoms with van der Waals surface area (Å²) in [5.74, 6) is 5.34. The second kappa shape index (κ2) is 7.42. The Hall–Kier alpha value is -1.86. The molecular formula is C13H14FNO2. The number of benzene rings is 1. The number of halogens is 1. The molecule has 0 bridgehead atoms. The quantitative estimate of drug-likeness (QED) is 0.768. The molecule has 0 radical (unpaired) electrons. The second-order valence-electron chi connectivity index (χ2n) is 3.30. The third-order valence-corrected chi connectivity index (χ3v) is 2.00. The molecule has 3 nitrogen and oxygen atoms in total. The molecular weight excluding hydrogens is 221 g/mol. The number of hydrogen-bond acceptors (Lipinski definition) is 2. The summed E-state index contributed by atoms with van der Waals surface area (Å²) in [7, 11) is 0. The monoisotopic (exact) mass is 235 g/mol. The third kappa shape index (κ3) is 4.66. The summed E-state index contributed by atoms with van der Waals surface area (Å²) in [4.78, 5) is 11.4. The smallest absolute Gasteiger partial charge is 0.251 e. The Bertz CT molecular complexity index is 417. The van der Waals surface area contributed by atoms with Crippen LogP contribution >= 0.6 is 0 Å². The second-order valence-corrected chi connectivity index (χ2v) is 3.30. The van der Waals surface area contributed by atoms with Crippen LogP contribution < -0.4 is 5.32 Å². The van der Waals surface area contributed by atoms with Crippen molar-refractivity contribution >= 4 is 5.91 Å². The minimum Gasteiger partial charge on any atom is -0.395 e. The van der Waals surface area contributed by atoms with Gasteiger partial charge in [-0.05, 0) is 24.3 Å². The number of carbonyl (C=O) groups is 1. The van der Waals surface area contributed by atoms with Gasteiger partial charge < -0.3 is 10.4 Å². The molecule has 4 heteroatoms. The zero-order valence-corrected chi connectivity index (χ0v) is 9.37. The topological polar surface area (TPSA) is 49.3 Å². The highest BCUT2D eigenvalue weighted by Gasteiger charge is 2.03. The molecule has 1 aromatic carbocycles. The lowest BCUT2D eigenvalue weighted by atomic mass is 10.1. The van der Waals surface area contributed by atoms with Gasteiger partial charge in [-0.2, -0.15) is 0 Å². The lowest BCUT2D eigenvalue weighted by Gasteiger charge is -2.02. The summed E-state index contributed by atoms with van der Waals surface area (Å²) in [6.45, 7) is -0.510. The van der Waals surface area contributed by atoms with Crippen molar-refractivity contribution in [3.63, 3.8) is 0 Å². The fourth-order valence-corrected chi connectivity index (χ4v) is 1.19. The molecule has 0 saturated carbocycles. The third-order valence-electron chi connectivity index (χ3n) is 2.00. The lowest BCUT2D eigenvalue weighted by Crippen LogP contribution is -2.25. The Kier molecular flexibility index (Phi) is 5.76.